The smallest absolute Gasteiger partial charge is 0.361 e. The van der Waals surface area contributed by atoms with Crippen molar-refractivity contribution in [2.45, 2.75) is 277 Å². The molecule has 0 aromatic rings. The Morgan fingerprint density at radius 1 is 0.419 bits per heavy atom. The molecule has 0 radical (unpaired) electrons. The van der Waals surface area contributed by atoms with Gasteiger partial charge in [0.15, 0.2) is 6.10 Å². The molecule has 0 bridgehead atoms. The van der Waals surface area contributed by atoms with Gasteiger partial charge in [-0.25, -0.2) is 4.79 Å². The van der Waals surface area contributed by atoms with Crippen LogP contribution in [0.1, 0.15) is 264 Å². The first-order valence-corrected chi connectivity index (χ1v) is 30.6. The summed E-state index contributed by atoms with van der Waals surface area (Å²) in [5, 5.41) is 9.71. The van der Waals surface area contributed by atoms with Gasteiger partial charge in [0.1, 0.15) is 13.2 Å². The molecule has 0 aliphatic carbocycles. The number of carbonyl (C=O) groups excluding carboxylic acids is 2. The number of hydrogen-bond acceptors (Lipinski definition) is 7. The number of aliphatic carboxylic acids is 1. The van der Waals surface area contributed by atoms with Gasteiger partial charge in [0.05, 0.1) is 34.4 Å². The zero-order valence-corrected chi connectivity index (χ0v) is 48.7. The third kappa shape index (κ3) is 56.5. The van der Waals surface area contributed by atoms with Gasteiger partial charge in [-0.2, -0.15) is 0 Å². The van der Waals surface area contributed by atoms with Gasteiger partial charge in [-0.15, -0.1) is 0 Å². The van der Waals surface area contributed by atoms with Crippen LogP contribution in [0.3, 0.4) is 0 Å². The summed E-state index contributed by atoms with van der Waals surface area (Å²) in [7, 11) is 5.97. The molecule has 0 fully saturated rings. The Balaban J connectivity index is 4.13. The number of nitrogens with zero attached hydrogens (tertiary/aromatic N) is 1. The molecule has 0 spiro atoms. The summed E-state index contributed by atoms with van der Waals surface area (Å²) in [6, 6.07) is 0. The monoisotopic (exact) mass is 1040 g/mol. The number of esters is 2. The van der Waals surface area contributed by atoms with Crippen LogP contribution in [0.5, 0.6) is 0 Å². The van der Waals surface area contributed by atoms with E-state index in [1.54, 1.807) is 0 Å². The van der Waals surface area contributed by atoms with Gasteiger partial charge in [-0.3, -0.25) is 9.59 Å². The summed E-state index contributed by atoms with van der Waals surface area (Å²) in [4.78, 5) is 37.4. The van der Waals surface area contributed by atoms with Gasteiger partial charge >= 0.3 is 17.9 Å². The van der Waals surface area contributed by atoms with Crippen molar-refractivity contribution in [1.82, 2.24) is 0 Å². The van der Waals surface area contributed by atoms with Gasteiger partial charge in [-0.1, -0.05) is 260 Å². The number of carbonyl (C=O) groups is 3. The highest BCUT2D eigenvalue weighted by Gasteiger charge is 2.25. The average Bonchev–Trinajstić information content (AvgIpc) is 3.37. The molecular weight excluding hydrogens is 923 g/mol. The Labute approximate surface area is 456 Å². The number of quaternary nitrogens is 1. The van der Waals surface area contributed by atoms with E-state index in [1.807, 2.05) is 21.1 Å². The maximum atomic E-state index is 12.9. The molecule has 0 saturated carbocycles. The number of likely N-dealkylation sites (N-methyl/N-ethyl adjacent to an activating group) is 1. The van der Waals surface area contributed by atoms with Gasteiger partial charge in [0.25, 0.3) is 6.29 Å². The number of ether oxygens (including phenoxy) is 4. The highest BCUT2D eigenvalue weighted by molar-refractivity contribution is 5.71. The lowest BCUT2D eigenvalue weighted by molar-refractivity contribution is -0.870. The third-order valence-electron chi connectivity index (χ3n) is 13.2. The van der Waals surface area contributed by atoms with E-state index in [1.165, 1.54) is 161 Å². The van der Waals surface area contributed by atoms with E-state index in [-0.39, 0.29) is 32.2 Å². The van der Waals surface area contributed by atoms with E-state index in [2.05, 4.69) is 86.8 Å². The van der Waals surface area contributed by atoms with Crippen LogP contribution in [0.4, 0.5) is 0 Å². The lowest BCUT2D eigenvalue weighted by Gasteiger charge is -2.25. The fourth-order valence-corrected chi connectivity index (χ4v) is 8.55. The van der Waals surface area contributed by atoms with Crippen molar-refractivity contribution in [3.8, 4) is 0 Å². The Bertz CT molecular complexity index is 1440. The Morgan fingerprint density at radius 2 is 0.770 bits per heavy atom. The Kier molecular flexibility index (Phi) is 53.5. The molecule has 0 amide bonds. The van der Waals surface area contributed by atoms with Gasteiger partial charge in [0, 0.05) is 12.8 Å². The van der Waals surface area contributed by atoms with Crippen LogP contribution in [0.2, 0.25) is 0 Å². The number of hydrogen-bond donors (Lipinski definition) is 1. The summed E-state index contributed by atoms with van der Waals surface area (Å²) in [6.45, 7) is 4.79. The molecule has 74 heavy (non-hydrogen) atoms. The first-order valence-electron chi connectivity index (χ1n) is 30.6. The second-order valence-electron chi connectivity index (χ2n) is 21.6. The zero-order valence-electron chi connectivity index (χ0n) is 48.7. The van der Waals surface area contributed by atoms with Crippen LogP contribution in [0.15, 0.2) is 72.9 Å². The molecule has 0 heterocycles. The molecule has 2 atom stereocenters. The van der Waals surface area contributed by atoms with Gasteiger partial charge < -0.3 is 28.5 Å². The molecule has 1 N–H and O–H groups in total. The van der Waals surface area contributed by atoms with Gasteiger partial charge in [-0.05, 0) is 64.2 Å². The first-order chi connectivity index (χ1) is 36.1. The highest BCUT2D eigenvalue weighted by atomic mass is 16.7. The van der Waals surface area contributed by atoms with Crippen LogP contribution in [0, 0.1) is 0 Å². The van der Waals surface area contributed by atoms with E-state index < -0.39 is 24.3 Å². The van der Waals surface area contributed by atoms with Crippen LogP contribution < -0.4 is 0 Å². The molecule has 0 aromatic heterocycles. The van der Waals surface area contributed by atoms with Crippen molar-refractivity contribution < 1.29 is 42.9 Å². The standard InChI is InChI=1S/C65H115NO8/c1-6-8-10-12-14-16-18-20-22-24-25-26-27-28-29-30-31-32-33-34-35-36-37-38-39-40-42-44-46-48-50-52-54-56-63(68)74-61(60-73-65(64(69)70)71-58-57-66(3,4)5)59-72-62(67)55-53-51-49-47-45-43-41-23-21-19-17-15-13-11-9-7-2/h8,10,14,16,20,22,25-26,28-29,31-32,61,65H,6-7,9,11-13,15,17-19,21,23-24,27,30,33-60H2,1-5H3/p+1/b10-8-,16-14-,22-20-,26-25-,29-28-,32-31-. The Morgan fingerprint density at radius 3 is 1.15 bits per heavy atom. The van der Waals surface area contributed by atoms with Crippen molar-refractivity contribution in [2.24, 2.45) is 0 Å². The topological polar surface area (TPSA) is 108 Å². The van der Waals surface area contributed by atoms with Crippen molar-refractivity contribution in [3.63, 3.8) is 0 Å². The molecule has 0 aliphatic rings. The fraction of sp³-hybridized carbons (Fsp3) is 0.769. The van der Waals surface area contributed by atoms with E-state index in [0.717, 1.165) is 77.0 Å². The molecule has 9 nitrogen and oxygen atoms in total. The lowest BCUT2D eigenvalue weighted by atomic mass is 10.0. The fourth-order valence-electron chi connectivity index (χ4n) is 8.55. The van der Waals surface area contributed by atoms with Crippen molar-refractivity contribution in [3.05, 3.63) is 72.9 Å². The summed E-state index contributed by atoms with van der Waals surface area (Å²) in [5.41, 5.74) is 0. The minimum absolute atomic E-state index is 0.180. The molecule has 428 valence electrons. The van der Waals surface area contributed by atoms with Crippen LogP contribution >= 0.6 is 0 Å². The van der Waals surface area contributed by atoms with Crippen molar-refractivity contribution >= 4 is 17.9 Å². The maximum Gasteiger partial charge on any atom is 0.361 e. The number of rotatable bonds is 56. The molecule has 0 rings (SSSR count). The number of allylic oxidation sites excluding steroid dienone is 12. The first kappa shape index (κ1) is 70.7. The molecule has 0 aliphatic heterocycles. The average molecular weight is 1040 g/mol. The third-order valence-corrected chi connectivity index (χ3v) is 13.2. The van der Waals surface area contributed by atoms with Crippen molar-refractivity contribution in [2.75, 3.05) is 47.5 Å². The quantitative estimate of drug-likeness (QED) is 0.0211. The molecule has 0 saturated heterocycles. The minimum Gasteiger partial charge on any atom is -0.477 e. The summed E-state index contributed by atoms with van der Waals surface area (Å²) in [6.07, 6.45) is 69.9. The maximum absolute atomic E-state index is 12.9. The summed E-state index contributed by atoms with van der Waals surface area (Å²) >= 11 is 0. The van der Waals surface area contributed by atoms with E-state index in [4.69, 9.17) is 18.9 Å². The second-order valence-corrected chi connectivity index (χ2v) is 21.6. The van der Waals surface area contributed by atoms with E-state index in [9.17, 15) is 19.5 Å². The Hall–Kier alpha value is -3.27. The second kappa shape index (κ2) is 55.9. The molecule has 0 aromatic carbocycles. The van der Waals surface area contributed by atoms with E-state index >= 15 is 0 Å². The molecular formula is C65H116NO8+. The summed E-state index contributed by atoms with van der Waals surface area (Å²) < 4.78 is 22.9. The minimum atomic E-state index is -1.51. The zero-order chi connectivity index (χ0) is 54.1. The normalized spacial score (nSPS) is 13.3. The SMILES string of the molecule is CC/C=C\C/C=C\C/C=C\C/C=C\C/C=C\C/C=C\CCCCCCCCCCCCCCCCC(=O)OC(COC(=O)CCCCCCCCCCCCCCCCCC)COC(OCC[N+](C)(C)C)C(=O)O. The lowest BCUT2D eigenvalue weighted by Crippen LogP contribution is -2.40. The number of carboxylic acids is 1. The van der Waals surface area contributed by atoms with Crippen LogP contribution in [-0.4, -0.2) is 87.4 Å². The largest absolute Gasteiger partial charge is 0.477 e. The molecule has 9 heteroatoms. The summed E-state index contributed by atoms with van der Waals surface area (Å²) in [5.74, 6) is -1.99. The van der Waals surface area contributed by atoms with Crippen LogP contribution in [-0.2, 0) is 33.3 Å². The number of unbranched alkanes of at least 4 members (excludes halogenated alkanes) is 29. The molecule has 2 unspecified atom stereocenters. The van der Waals surface area contributed by atoms with Crippen molar-refractivity contribution in [1.29, 1.82) is 0 Å². The van der Waals surface area contributed by atoms with E-state index in [0.29, 0.717) is 17.4 Å². The van der Waals surface area contributed by atoms with Crippen LogP contribution in [0.25, 0.3) is 0 Å². The predicted molar refractivity (Wildman–Crippen MR) is 313 cm³/mol. The van der Waals surface area contributed by atoms with Gasteiger partial charge in [0.2, 0.25) is 0 Å². The highest BCUT2D eigenvalue weighted by Crippen LogP contribution is 2.17. The predicted octanol–water partition coefficient (Wildman–Crippen LogP) is 18.2. The number of carboxylic acid groups (broad SMARTS) is 1.